The number of hydrogen-bond donors (Lipinski definition) is 1. The van der Waals surface area contributed by atoms with E-state index in [2.05, 4.69) is 0 Å². The van der Waals surface area contributed by atoms with Crippen LogP contribution in [0.15, 0.2) is 28.7 Å². The van der Waals surface area contributed by atoms with Gasteiger partial charge < -0.3 is 9.52 Å². The van der Waals surface area contributed by atoms with E-state index in [0.717, 1.165) is 11.1 Å². The fourth-order valence-electron chi connectivity index (χ4n) is 2.04. The lowest BCUT2D eigenvalue weighted by Crippen LogP contribution is -2.00. The largest absolute Gasteiger partial charge is 0.478 e. The lowest BCUT2D eigenvalue weighted by Gasteiger charge is -2.01. The highest BCUT2D eigenvalue weighted by Gasteiger charge is 2.22. The third-order valence-corrected chi connectivity index (χ3v) is 3.11. The maximum absolute atomic E-state index is 11.2. The molecule has 0 spiro atoms. The van der Waals surface area contributed by atoms with Gasteiger partial charge in [0, 0.05) is 16.1 Å². The first-order valence-electron chi connectivity index (χ1n) is 5.66. The van der Waals surface area contributed by atoms with Crippen molar-refractivity contribution in [2.75, 3.05) is 0 Å². The Balaban J connectivity index is 2.61. The first-order valence-corrected chi connectivity index (χ1v) is 6.03. The van der Waals surface area contributed by atoms with Gasteiger partial charge in [-0.3, -0.25) is 0 Å². The molecule has 2 aromatic rings. The molecule has 2 rings (SSSR count). The highest BCUT2D eigenvalue weighted by atomic mass is 35.5. The standard InChI is InChI=1S/C14H13ClO3/c1-3-11-12(14(16)17)8(2)18-13(11)9-4-6-10(15)7-5-9/h4-7H,3H2,1-2H3,(H,16,17). The molecule has 18 heavy (non-hydrogen) atoms. The molecule has 0 fully saturated rings. The lowest BCUT2D eigenvalue weighted by molar-refractivity contribution is 0.0694. The van der Waals surface area contributed by atoms with Gasteiger partial charge in [0.2, 0.25) is 0 Å². The molecule has 0 radical (unpaired) electrons. The fraction of sp³-hybridized carbons (Fsp3) is 0.214. The van der Waals surface area contributed by atoms with Crippen LogP contribution in [0.25, 0.3) is 11.3 Å². The Morgan fingerprint density at radius 1 is 1.33 bits per heavy atom. The number of carbonyl (C=O) groups is 1. The van der Waals surface area contributed by atoms with Gasteiger partial charge in [0.15, 0.2) is 0 Å². The molecule has 0 aliphatic heterocycles. The number of furan rings is 1. The van der Waals surface area contributed by atoms with Crippen LogP contribution in [0.1, 0.15) is 28.6 Å². The predicted octanol–water partition coefficient (Wildman–Crippen LogP) is 4.17. The summed E-state index contributed by atoms with van der Waals surface area (Å²) < 4.78 is 5.60. The number of aromatic carboxylic acids is 1. The molecular formula is C14H13ClO3. The second-order valence-corrected chi connectivity index (χ2v) is 4.44. The topological polar surface area (TPSA) is 50.4 Å². The van der Waals surface area contributed by atoms with E-state index in [-0.39, 0.29) is 5.56 Å². The Labute approximate surface area is 110 Å². The first-order chi connectivity index (χ1) is 8.54. The van der Waals surface area contributed by atoms with Crippen molar-refractivity contribution in [2.24, 2.45) is 0 Å². The molecule has 3 nitrogen and oxygen atoms in total. The van der Waals surface area contributed by atoms with Gasteiger partial charge >= 0.3 is 5.97 Å². The SMILES string of the molecule is CCc1c(-c2ccc(Cl)cc2)oc(C)c1C(=O)O. The highest BCUT2D eigenvalue weighted by molar-refractivity contribution is 6.30. The summed E-state index contributed by atoms with van der Waals surface area (Å²) in [5.74, 6) is 0.0988. The number of aryl methyl sites for hydroxylation is 1. The summed E-state index contributed by atoms with van der Waals surface area (Å²) >= 11 is 5.83. The molecule has 0 bridgehead atoms. The molecule has 0 atom stereocenters. The minimum atomic E-state index is -0.951. The molecule has 1 aromatic heterocycles. The van der Waals surface area contributed by atoms with Crippen LogP contribution in [-0.4, -0.2) is 11.1 Å². The summed E-state index contributed by atoms with van der Waals surface area (Å²) in [5.41, 5.74) is 1.83. The second-order valence-electron chi connectivity index (χ2n) is 4.01. The third kappa shape index (κ3) is 2.14. The Hall–Kier alpha value is -1.74. The van der Waals surface area contributed by atoms with Crippen LogP contribution in [0.5, 0.6) is 0 Å². The Morgan fingerprint density at radius 2 is 1.94 bits per heavy atom. The van der Waals surface area contributed by atoms with Crippen LogP contribution in [0.3, 0.4) is 0 Å². The Morgan fingerprint density at radius 3 is 2.44 bits per heavy atom. The molecule has 0 saturated carbocycles. The van der Waals surface area contributed by atoms with Crippen molar-refractivity contribution in [1.82, 2.24) is 0 Å². The summed E-state index contributed by atoms with van der Waals surface area (Å²) in [6.07, 6.45) is 0.608. The zero-order valence-electron chi connectivity index (χ0n) is 10.2. The molecule has 1 aromatic carbocycles. The van der Waals surface area contributed by atoms with E-state index < -0.39 is 5.97 Å². The zero-order chi connectivity index (χ0) is 13.3. The molecule has 1 heterocycles. The summed E-state index contributed by atoms with van der Waals surface area (Å²) in [4.78, 5) is 11.2. The first kappa shape index (κ1) is 12.7. The summed E-state index contributed by atoms with van der Waals surface area (Å²) in [7, 11) is 0. The van der Waals surface area contributed by atoms with Crippen molar-refractivity contribution in [3.8, 4) is 11.3 Å². The number of rotatable bonds is 3. The summed E-state index contributed by atoms with van der Waals surface area (Å²) in [6.45, 7) is 3.58. The second kappa shape index (κ2) is 4.86. The van der Waals surface area contributed by atoms with Crippen LogP contribution in [-0.2, 0) is 6.42 Å². The smallest absolute Gasteiger partial charge is 0.339 e. The van der Waals surface area contributed by atoms with E-state index in [0.29, 0.717) is 23.0 Å². The van der Waals surface area contributed by atoms with Gasteiger partial charge in [0.25, 0.3) is 0 Å². The Kier molecular flexibility index (Phi) is 3.43. The molecule has 4 heteroatoms. The van der Waals surface area contributed by atoms with Crippen molar-refractivity contribution in [3.05, 3.63) is 46.2 Å². The van der Waals surface area contributed by atoms with Crippen molar-refractivity contribution in [2.45, 2.75) is 20.3 Å². The van der Waals surface area contributed by atoms with Crippen LogP contribution in [0, 0.1) is 6.92 Å². The van der Waals surface area contributed by atoms with Gasteiger partial charge in [-0.2, -0.15) is 0 Å². The number of benzene rings is 1. The van der Waals surface area contributed by atoms with Gasteiger partial charge in [-0.25, -0.2) is 4.79 Å². The van der Waals surface area contributed by atoms with Gasteiger partial charge in [-0.1, -0.05) is 18.5 Å². The molecule has 0 aliphatic rings. The Bertz CT molecular complexity index is 582. The maximum Gasteiger partial charge on any atom is 0.339 e. The van der Waals surface area contributed by atoms with Crippen LogP contribution in [0.4, 0.5) is 0 Å². The average molecular weight is 265 g/mol. The van der Waals surface area contributed by atoms with Gasteiger partial charge in [0.1, 0.15) is 17.1 Å². The number of carboxylic acids is 1. The van der Waals surface area contributed by atoms with E-state index in [1.54, 1.807) is 19.1 Å². The van der Waals surface area contributed by atoms with E-state index in [1.807, 2.05) is 19.1 Å². The monoisotopic (exact) mass is 264 g/mol. The molecule has 0 saturated heterocycles. The zero-order valence-corrected chi connectivity index (χ0v) is 10.9. The molecule has 94 valence electrons. The maximum atomic E-state index is 11.2. The highest BCUT2D eigenvalue weighted by Crippen LogP contribution is 2.32. The fourth-order valence-corrected chi connectivity index (χ4v) is 2.17. The van der Waals surface area contributed by atoms with Gasteiger partial charge in [0.05, 0.1) is 0 Å². The molecule has 0 amide bonds. The van der Waals surface area contributed by atoms with Crippen molar-refractivity contribution in [1.29, 1.82) is 0 Å². The van der Waals surface area contributed by atoms with Crippen molar-refractivity contribution in [3.63, 3.8) is 0 Å². The van der Waals surface area contributed by atoms with E-state index in [1.165, 1.54) is 0 Å². The van der Waals surface area contributed by atoms with Crippen molar-refractivity contribution >= 4 is 17.6 Å². The van der Waals surface area contributed by atoms with E-state index in [4.69, 9.17) is 16.0 Å². The number of carboxylic acid groups (broad SMARTS) is 1. The quantitative estimate of drug-likeness (QED) is 0.905. The van der Waals surface area contributed by atoms with Crippen LogP contribution in [0.2, 0.25) is 5.02 Å². The van der Waals surface area contributed by atoms with Gasteiger partial charge in [-0.15, -0.1) is 0 Å². The normalized spacial score (nSPS) is 10.6. The predicted molar refractivity (Wildman–Crippen MR) is 70.2 cm³/mol. The summed E-state index contributed by atoms with van der Waals surface area (Å²) in [5, 5.41) is 9.84. The van der Waals surface area contributed by atoms with Crippen LogP contribution < -0.4 is 0 Å². The molecule has 1 N–H and O–H groups in total. The van der Waals surface area contributed by atoms with E-state index >= 15 is 0 Å². The average Bonchev–Trinajstić information content (AvgIpc) is 2.67. The summed E-state index contributed by atoms with van der Waals surface area (Å²) in [6, 6.07) is 7.17. The minimum Gasteiger partial charge on any atom is -0.478 e. The minimum absolute atomic E-state index is 0.266. The molecular weight excluding hydrogens is 252 g/mol. The number of hydrogen-bond acceptors (Lipinski definition) is 2. The molecule has 0 aliphatic carbocycles. The van der Waals surface area contributed by atoms with E-state index in [9.17, 15) is 9.90 Å². The lowest BCUT2D eigenvalue weighted by atomic mass is 10.0. The molecule has 0 unspecified atom stereocenters. The van der Waals surface area contributed by atoms with Gasteiger partial charge in [-0.05, 0) is 37.6 Å². The number of halogens is 1. The van der Waals surface area contributed by atoms with Crippen molar-refractivity contribution < 1.29 is 14.3 Å². The third-order valence-electron chi connectivity index (χ3n) is 2.86. The van der Waals surface area contributed by atoms with Crippen LogP contribution >= 0.6 is 11.6 Å².